The fourth-order valence-electron chi connectivity index (χ4n) is 1.09. The number of carbonyl (C=O) groups is 1. The molecule has 0 heterocycles. The van der Waals surface area contributed by atoms with Crippen molar-refractivity contribution in [3.05, 3.63) is 33.8 Å². The minimum absolute atomic E-state index is 0.0550. The first-order valence-corrected chi connectivity index (χ1v) is 5.50. The number of hydrogen-bond acceptors (Lipinski definition) is 3. The molecule has 0 fully saturated rings. The van der Waals surface area contributed by atoms with Gasteiger partial charge >= 0.3 is 0 Å². The Balaban J connectivity index is 2.55. The van der Waals surface area contributed by atoms with Gasteiger partial charge in [0.2, 0.25) is 0 Å². The van der Waals surface area contributed by atoms with Crippen molar-refractivity contribution >= 4 is 34.9 Å². The normalized spacial score (nSPS) is 11.3. The Labute approximate surface area is 108 Å². The van der Waals surface area contributed by atoms with E-state index in [2.05, 4.69) is 10.5 Å². The van der Waals surface area contributed by atoms with Gasteiger partial charge in [-0.15, -0.1) is 0 Å². The Bertz CT molecular complexity index is 449. The number of nitrogens with zero attached hydrogens (tertiary/aromatic N) is 1. The van der Waals surface area contributed by atoms with Crippen LogP contribution in [-0.2, 0) is 0 Å². The average molecular weight is 276 g/mol. The summed E-state index contributed by atoms with van der Waals surface area (Å²) in [4.78, 5) is 11.6. The van der Waals surface area contributed by atoms with Gasteiger partial charge in [-0.2, -0.15) is 0 Å². The highest BCUT2D eigenvalue weighted by atomic mass is 35.5. The molecule has 0 unspecified atom stereocenters. The van der Waals surface area contributed by atoms with E-state index in [0.29, 0.717) is 15.6 Å². The van der Waals surface area contributed by atoms with Crippen LogP contribution in [0.3, 0.4) is 0 Å². The van der Waals surface area contributed by atoms with E-state index in [0.717, 1.165) is 0 Å². The number of amidine groups is 1. The van der Waals surface area contributed by atoms with Crippen molar-refractivity contribution in [1.82, 2.24) is 5.32 Å². The SMILES string of the molecule is NC(CCNC(=O)c1ccc(Cl)c(Cl)c1)=NO. The Morgan fingerprint density at radius 2 is 2.12 bits per heavy atom. The van der Waals surface area contributed by atoms with Gasteiger partial charge in [0.25, 0.3) is 5.91 Å². The molecule has 0 spiro atoms. The van der Waals surface area contributed by atoms with Gasteiger partial charge in [-0.1, -0.05) is 28.4 Å². The minimum atomic E-state index is -0.297. The predicted molar refractivity (Wildman–Crippen MR) is 66.8 cm³/mol. The third-order valence-electron chi connectivity index (χ3n) is 1.98. The highest BCUT2D eigenvalue weighted by Crippen LogP contribution is 2.22. The Hall–Kier alpha value is -1.46. The summed E-state index contributed by atoms with van der Waals surface area (Å²) in [6.45, 7) is 0.273. The van der Waals surface area contributed by atoms with E-state index >= 15 is 0 Å². The zero-order valence-electron chi connectivity index (χ0n) is 8.78. The molecule has 0 aliphatic carbocycles. The maximum Gasteiger partial charge on any atom is 0.251 e. The highest BCUT2D eigenvalue weighted by molar-refractivity contribution is 6.42. The second-order valence-corrected chi connectivity index (χ2v) is 4.04. The van der Waals surface area contributed by atoms with E-state index < -0.39 is 0 Å². The number of nitrogens with one attached hydrogen (secondary N) is 1. The number of carbonyl (C=O) groups excluding carboxylic acids is 1. The first-order chi connectivity index (χ1) is 8.04. The van der Waals surface area contributed by atoms with Crippen LogP contribution in [0.4, 0.5) is 0 Å². The lowest BCUT2D eigenvalue weighted by Crippen LogP contribution is -2.28. The first kappa shape index (κ1) is 13.6. The average Bonchev–Trinajstić information content (AvgIpc) is 2.32. The fraction of sp³-hybridized carbons (Fsp3) is 0.200. The molecule has 1 rings (SSSR count). The molecule has 1 amide bonds. The molecule has 17 heavy (non-hydrogen) atoms. The van der Waals surface area contributed by atoms with Crippen molar-refractivity contribution < 1.29 is 10.0 Å². The van der Waals surface area contributed by atoms with Crippen molar-refractivity contribution in [3.8, 4) is 0 Å². The Kier molecular flexibility index (Phi) is 5.06. The molecule has 0 saturated heterocycles. The molecule has 92 valence electrons. The third-order valence-corrected chi connectivity index (χ3v) is 2.72. The van der Waals surface area contributed by atoms with Crippen LogP contribution in [-0.4, -0.2) is 23.5 Å². The number of halogens is 2. The van der Waals surface area contributed by atoms with Crippen LogP contribution >= 0.6 is 23.2 Å². The number of nitrogens with two attached hydrogens (primary N) is 1. The highest BCUT2D eigenvalue weighted by Gasteiger charge is 2.07. The second kappa shape index (κ2) is 6.32. The van der Waals surface area contributed by atoms with Crippen LogP contribution in [0.5, 0.6) is 0 Å². The summed E-state index contributed by atoms with van der Waals surface area (Å²) in [7, 11) is 0. The summed E-state index contributed by atoms with van der Waals surface area (Å²) in [6, 6.07) is 4.58. The second-order valence-electron chi connectivity index (χ2n) is 3.23. The van der Waals surface area contributed by atoms with Gasteiger partial charge in [0.05, 0.1) is 10.0 Å². The molecular formula is C10H11Cl2N3O2. The quantitative estimate of drug-likeness (QED) is 0.339. The number of rotatable bonds is 4. The van der Waals surface area contributed by atoms with Crippen LogP contribution < -0.4 is 11.1 Å². The monoisotopic (exact) mass is 275 g/mol. The van der Waals surface area contributed by atoms with E-state index in [9.17, 15) is 4.79 Å². The van der Waals surface area contributed by atoms with E-state index in [1.54, 1.807) is 12.1 Å². The Morgan fingerprint density at radius 3 is 2.71 bits per heavy atom. The molecular weight excluding hydrogens is 265 g/mol. The summed E-state index contributed by atoms with van der Waals surface area (Å²) >= 11 is 11.5. The molecule has 7 heteroatoms. The van der Waals surface area contributed by atoms with Crippen LogP contribution in [0.1, 0.15) is 16.8 Å². The zero-order valence-corrected chi connectivity index (χ0v) is 10.3. The molecule has 0 bridgehead atoms. The molecule has 0 aliphatic heterocycles. The van der Waals surface area contributed by atoms with E-state index in [1.165, 1.54) is 6.07 Å². The molecule has 1 aromatic rings. The van der Waals surface area contributed by atoms with Gasteiger partial charge < -0.3 is 16.3 Å². The maximum absolute atomic E-state index is 11.6. The standard InChI is InChI=1S/C10H11Cl2N3O2/c11-7-2-1-6(5-8(7)12)10(16)14-4-3-9(13)15-17/h1-2,5,17H,3-4H2,(H2,13,15)(H,14,16). The van der Waals surface area contributed by atoms with Crippen molar-refractivity contribution in [2.75, 3.05) is 6.54 Å². The number of oxime groups is 1. The lowest BCUT2D eigenvalue weighted by molar-refractivity contribution is 0.0954. The molecule has 5 nitrogen and oxygen atoms in total. The van der Waals surface area contributed by atoms with Crippen molar-refractivity contribution in [3.63, 3.8) is 0 Å². The fourth-order valence-corrected chi connectivity index (χ4v) is 1.39. The summed E-state index contributed by atoms with van der Waals surface area (Å²) in [5, 5.41) is 14.4. The lowest BCUT2D eigenvalue weighted by Gasteiger charge is -2.05. The third kappa shape index (κ3) is 4.13. The van der Waals surface area contributed by atoms with Crippen molar-refractivity contribution in [1.29, 1.82) is 0 Å². The van der Waals surface area contributed by atoms with E-state index in [-0.39, 0.29) is 24.7 Å². The van der Waals surface area contributed by atoms with Crippen molar-refractivity contribution in [2.45, 2.75) is 6.42 Å². The van der Waals surface area contributed by atoms with Crippen LogP contribution in [0.25, 0.3) is 0 Å². The predicted octanol–water partition coefficient (Wildman–Crippen LogP) is 1.86. The minimum Gasteiger partial charge on any atom is -0.409 e. The molecule has 0 radical (unpaired) electrons. The summed E-state index contributed by atoms with van der Waals surface area (Å²) in [6.07, 6.45) is 0.267. The van der Waals surface area contributed by atoms with Gasteiger partial charge in [0.15, 0.2) is 0 Å². The largest absolute Gasteiger partial charge is 0.409 e. The topological polar surface area (TPSA) is 87.7 Å². The summed E-state index contributed by atoms with van der Waals surface area (Å²) < 4.78 is 0. The lowest BCUT2D eigenvalue weighted by atomic mass is 10.2. The van der Waals surface area contributed by atoms with Crippen molar-refractivity contribution in [2.24, 2.45) is 10.9 Å². The van der Waals surface area contributed by atoms with Gasteiger partial charge in [-0.05, 0) is 18.2 Å². The van der Waals surface area contributed by atoms with Crippen LogP contribution in [0.2, 0.25) is 10.0 Å². The van der Waals surface area contributed by atoms with E-state index in [4.69, 9.17) is 34.1 Å². The number of amides is 1. The number of hydrogen-bond donors (Lipinski definition) is 3. The summed E-state index contributed by atoms with van der Waals surface area (Å²) in [5.41, 5.74) is 5.65. The number of benzene rings is 1. The summed E-state index contributed by atoms with van der Waals surface area (Å²) in [5.74, 6) is -0.242. The van der Waals surface area contributed by atoms with Gasteiger partial charge in [-0.3, -0.25) is 4.79 Å². The molecule has 1 aromatic carbocycles. The molecule has 0 aliphatic rings. The van der Waals surface area contributed by atoms with Gasteiger partial charge in [-0.25, -0.2) is 0 Å². The first-order valence-electron chi connectivity index (χ1n) is 4.74. The molecule has 0 atom stereocenters. The molecule has 0 saturated carbocycles. The van der Waals surface area contributed by atoms with Gasteiger partial charge in [0, 0.05) is 18.5 Å². The molecule has 4 N–H and O–H groups in total. The van der Waals surface area contributed by atoms with Gasteiger partial charge in [0.1, 0.15) is 5.84 Å². The van der Waals surface area contributed by atoms with Crippen LogP contribution in [0, 0.1) is 0 Å². The Morgan fingerprint density at radius 1 is 1.41 bits per heavy atom. The molecule has 0 aromatic heterocycles. The smallest absolute Gasteiger partial charge is 0.251 e. The van der Waals surface area contributed by atoms with Crippen LogP contribution in [0.15, 0.2) is 23.4 Å². The maximum atomic E-state index is 11.6. The van der Waals surface area contributed by atoms with E-state index in [1.807, 2.05) is 0 Å². The zero-order chi connectivity index (χ0) is 12.8.